The van der Waals surface area contributed by atoms with Crippen molar-refractivity contribution in [3.8, 4) is 0 Å². The van der Waals surface area contributed by atoms with Crippen LogP contribution in [0.3, 0.4) is 0 Å². The van der Waals surface area contributed by atoms with Crippen LogP contribution < -0.4 is 0 Å². The van der Waals surface area contributed by atoms with Gasteiger partial charge in [-0.1, -0.05) is 42.0 Å². The van der Waals surface area contributed by atoms with Crippen LogP contribution in [0.5, 0.6) is 0 Å². The molecule has 0 aromatic carbocycles. The first-order valence-corrected chi connectivity index (χ1v) is 6.27. The first-order valence-electron chi connectivity index (χ1n) is 5.05. The minimum Gasteiger partial charge on any atom is -0.298 e. The molecule has 0 heterocycles. The number of carbonyl (C=O) groups is 1. The van der Waals surface area contributed by atoms with Gasteiger partial charge in [-0.05, 0) is 18.1 Å². The molecule has 78 valence electrons. The zero-order valence-corrected chi connectivity index (χ0v) is 9.75. The molecule has 2 heteroatoms. The van der Waals surface area contributed by atoms with E-state index < -0.39 is 0 Å². The van der Waals surface area contributed by atoms with Crippen molar-refractivity contribution in [1.82, 2.24) is 0 Å². The highest BCUT2D eigenvalue weighted by atomic mass is 32.2. The molecule has 0 aromatic rings. The van der Waals surface area contributed by atoms with Crippen molar-refractivity contribution >= 4 is 17.5 Å². The second-order valence-electron chi connectivity index (χ2n) is 3.81. The molecule has 0 saturated carbocycles. The van der Waals surface area contributed by atoms with E-state index in [0.29, 0.717) is 5.78 Å². The number of rotatable bonds is 3. The van der Waals surface area contributed by atoms with E-state index in [1.807, 2.05) is 49.6 Å². The number of ketones is 1. The predicted molar refractivity (Wildman–Crippen MR) is 65.6 cm³/mol. The lowest BCUT2D eigenvalue weighted by atomic mass is 9.90. The van der Waals surface area contributed by atoms with E-state index >= 15 is 0 Å². The highest BCUT2D eigenvalue weighted by Crippen LogP contribution is 2.33. The van der Waals surface area contributed by atoms with E-state index in [2.05, 4.69) is 0 Å². The molecule has 0 N–H and O–H groups in total. The van der Waals surface area contributed by atoms with Crippen LogP contribution >= 0.6 is 11.8 Å². The summed E-state index contributed by atoms with van der Waals surface area (Å²) in [6.45, 7) is 2.02. The molecule has 0 amide bonds. The quantitative estimate of drug-likeness (QED) is 0.724. The lowest BCUT2D eigenvalue weighted by molar-refractivity contribution is -0.121. The molecule has 0 bridgehead atoms. The molecule has 15 heavy (non-hydrogen) atoms. The van der Waals surface area contributed by atoms with Gasteiger partial charge < -0.3 is 0 Å². The molecular weight excluding hydrogens is 204 g/mol. The van der Waals surface area contributed by atoms with Gasteiger partial charge in [-0.3, -0.25) is 4.79 Å². The van der Waals surface area contributed by atoms with Crippen LogP contribution in [0.4, 0.5) is 0 Å². The van der Waals surface area contributed by atoms with E-state index in [-0.39, 0.29) is 11.8 Å². The molecule has 0 radical (unpaired) electrons. The molecule has 2 atom stereocenters. The normalized spacial score (nSPS) is 28.1. The number of hydrogen-bond acceptors (Lipinski definition) is 2. The van der Waals surface area contributed by atoms with Gasteiger partial charge in [0.15, 0.2) is 5.78 Å². The molecule has 2 aliphatic rings. The Morgan fingerprint density at radius 3 is 2.47 bits per heavy atom. The summed E-state index contributed by atoms with van der Waals surface area (Å²) in [5, 5.41) is 0. The number of carbonyl (C=O) groups excluding carboxylic acids is 1. The van der Waals surface area contributed by atoms with Gasteiger partial charge in [0.2, 0.25) is 0 Å². The van der Waals surface area contributed by atoms with Gasteiger partial charge in [0.25, 0.3) is 0 Å². The standard InChI is InChI=1S/C13H14OS/c1-9-5-3-6-10(9)13(14)11-7-4-8-12(11)15-2/h3-8,10-11H,1-2H3. The smallest absolute Gasteiger partial charge is 0.155 e. The molecule has 0 aliphatic heterocycles. The first-order chi connectivity index (χ1) is 7.24. The molecule has 0 aromatic heterocycles. The van der Waals surface area contributed by atoms with Gasteiger partial charge in [-0.25, -0.2) is 0 Å². The largest absolute Gasteiger partial charge is 0.298 e. The summed E-state index contributed by atoms with van der Waals surface area (Å²) in [7, 11) is 0. The van der Waals surface area contributed by atoms with Crippen LogP contribution in [-0.4, -0.2) is 12.0 Å². The summed E-state index contributed by atoms with van der Waals surface area (Å²) >= 11 is 1.66. The van der Waals surface area contributed by atoms with E-state index in [9.17, 15) is 4.79 Å². The van der Waals surface area contributed by atoms with Crippen molar-refractivity contribution in [2.75, 3.05) is 6.26 Å². The minimum atomic E-state index is -0.0175. The van der Waals surface area contributed by atoms with Gasteiger partial charge in [-0.15, -0.1) is 11.8 Å². The van der Waals surface area contributed by atoms with Gasteiger partial charge in [-0.2, -0.15) is 0 Å². The molecule has 0 fully saturated rings. The highest BCUT2D eigenvalue weighted by molar-refractivity contribution is 8.02. The van der Waals surface area contributed by atoms with E-state index in [0.717, 1.165) is 10.5 Å². The van der Waals surface area contributed by atoms with Crippen LogP contribution in [-0.2, 0) is 4.79 Å². The Bertz CT molecular complexity index is 399. The second-order valence-corrected chi connectivity index (χ2v) is 4.69. The molecule has 0 spiro atoms. The lowest BCUT2D eigenvalue weighted by Crippen LogP contribution is -2.20. The fraction of sp³-hybridized carbons (Fsp3) is 0.308. The van der Waals surface area contributed by atoms with E-state index in [4.69, 9.17) is 0 Å². The molecule has 1 nitrogen and oxygen atoms in total. The Kier molecular flexibility index (Phi) is 2.96. The average Bonchev–Trinajstić information content (AvgIpc) is 2.84. The molecule has 2 unspecified atom stereocenters. The Labute approximate surface area is 94.6 Å². The Morgan fingerprint density at radius 2 is 1.87 bits per heavy atom. The van der Waals surface area contributed by atoms with Crippen molar-refractivity contribution in [3.05, 3.63) is 46.9 Å². The first kappa shape index (κ1) is 10.5. The van der Waals surface area contributed by atoms with Crippen LogP contribution in [0, 0.1) is 11.8 Å². The summed E-state index contributed by atoms with van der Waals surface area (Å²) in [6.07, 6.45) is 14.0. The maximum Gasteiger partial charge on any atom is 0.155 e. The van der Waals surface area contributed by atoms with Gasteiger partial charge in [0, 0.05) is 0 Å². The van der Waals surface area contributed by atoms with E-state index in [1.54, 1.807) is 11.8 Å². The summed E-state index contributed by atoms with van der Waals surface area (Å²) in [5.74, 6) is 0.274. The number of allylic oxidation sites excluding steroid dienone is 8. The van der Waals surface area contributed by atoms with Crippen molar-refractivity contribution < 1.29 is 4.79 Å². The van der Waals surface area contributed by atoms with Gasteiger partial charge >= 0.3 is 0 Å². The third-order valence-electron chi connectivity index (χ3n) is 2.87. The number of hydrogen-bond donors (Lipinski definition) is 0. The summed E-state index contributed by atoms with van der Waals surface area (Å²) in [4.78, 5) is 13.4. The minimum absolute atomic E-state index is 0.00620. The van der Waals surface area contributed by atoms with Crippen molar-refractivity contribution in [2.24, 2.45) is 11.8 Å². The second kappa shape index (κ2) is 4.23. The van der Waals surface area contributed by atoms with Crippen molar-refractivity contribution in [1.29, 1.82) is 0 Å². The van der Waals surface area contributed by atoms with Crippen LogP contribution in [0.25, 0.3) is 0 Å². The molecular formula is C13H14OS. The predicted octanol–water partition coefficient (Wildman–Crippen LogP) is 3.12. The monoisotopic (exact) mass is 218 g/mol. The summed E-state index contributed by atoms with van der Waals surface area (Å²) in [6, 6.07) is 0. The maximum absolute atomic E-state index is 12.2. The highest BCUT2D eigenvalue weighted by Gasteiger charge is 2.29. The lowest BCUT2D eigenvalue weighted by Gasteiger charge is -2.15. The fourth-order valence-electron chi connectivity index (χ4n) is 1.98. The Balaban J connectivity index is 2.16. The zero-order valence-electron chi connectivity index (χ0n) is 8.94. The average molecular weight is 218 g/mol. The van der Waals surface area contributed by atoms with Crippen molar-refractivity contribution in [3.63, 3.8) is 0 Å². The number of thioether (sulfide) groups is 1. The topological polar surface area (TPSA) is 17.1 Å². The third kappa shape index (κ3) is 1.86. The third-order valence-corrected chi connectivity index (χ3v) is 3.73. The van der Waals surface area contributed by atoms with Gasteiger partial charge in [0.05, 0.1) is 11.8 Å². The van der Waals surface area contributed by atoms with Crippen molar-refractivity contribution in [2.45, 2.75) is 6.92 Å². The van der Waals surface area contributed by atoms with Crippen LogP contribution in [0.2, 0.25) is 0 Å². The molecule has 2 aliphatic carbocycles. The Hall–Kier alpha value is -1.02. The van der Waals surface area contributed by atoms with Crippen LogP contribution in [0.15, 0.2) is 46.9 Å². The molecule has 0 saturated heterocycles. The summed E-state index contributed by atoms with van der Waals surface area (Å²) < 4.78 is 0. The fourth-order valence-corrected chi connectivity index (χ4v) is 2.64. The zero-order chi connectivity index (χ0) is 10.8. The maximum atomic E-state index is 12.2. The molecule has 2 rings (SSSR count). The summed E-state index contributed by atoms with van der Waals surface area (Å²) in [5.41, 5.74) is 1.15. The Morgan fingerprint density at radius 1 is 1.20 bits per heavy atom. The van der Waals surface area contributed by atoms with Crippen LogP contribution in [0.1, 0.15) is 6.92 Å². The number of Topliss-reactive ketones (excluding diaryl/α,β-unsaturated/α-hetero) is 1. The van der Waals surface area contributed by atoms with E-state index in [1.165, 1.54) is 0 Å². The van der Waals surface area contributed by atoms with Gasteiger partial charge in [0.1, 0.15) is 0 Å². The SMILES string of the molecule is CSC1=CC=CC1C(=O)C1C=CC=C1C.